The summed E-state index contributed by atoms with van der Waals surface area (Å²) >= 11 is 0. The van der Waals surface area contributed by atoms with Crippen LogP contribution in [0.2, 0.25) is 0 Å². The van der Waals surface area contributed by atoms with Gasteiger partial charge in [-0.05, 0) is 44.4 Å². The highest BCUT2D eigenvalue weighted by atomic mass is 15.0. The van der Waals surface area contributed by atoms with Crippen LogP contribution in [0.1, 0.15) is 77.6 Å². The number of nitrogens with one attached hydrogen (secondary N) is 1. The zero-order valence-electron chi connectivity index (χ0n) is 12.2. The van der Waals surface area contributed by atoms with Gasteiger partial charge in [-0.1, -0.05) is 39.0 Å². The summed E-state index contributed by atoms with van der Waals surface area (Å²) in [7, 11) is 0. The molecule has 2 saturated carbocycles. The quantitative estimate of drug-likeness (QED) is 0.750. The Bertz CT molecular complexity index is 223. The summed E-state index contributed by atoms with van der Waals surface area (Å²) in [6.07, 6.45) is 15.2. The third kappa shape index (κ3) is 3.71. The van der Waals surface area contributed by atoms with Crippen LogP contribution in [0.15, 0.2) is 0 Å². The van der Waals surface area contributed by atoms with Gasteiger partial charge >= 0.3 is 0 Å². The van der Waals surface area contributed by atoms with Gasteiger partial charge in [0.2, 0.25) is 0 Å². The molecule has 3 N–H and O–H groups in total. The molecular formula is C16H32N2. The number of nitrogens with two attached hydrogens (primary N) is 1. The summed E-state index contributed by atoms with van der Waals surface area (Å²) < 4.78 is 0. The molecule has 0 unspecified atom stereocenters. The minimum Gasteiger partial charge on any atom is -0.329 e. The Morgan fingerprint density at radius 3 is 2.11 bits per heavy atom. The van der Waals surface area contributed by atoms with Crippen molar-refractivity contribution in [1.82, 2.24) is 5.32 Å². The third-order valence-corrected chi connectivity index (χ3v) is 5.40. The van der Waals surface area contributed by atoms with Crippen molar-refractivity contribution >= 4 is 0 Å². The van der Waals surface area contributed by atoms with Gasteiger partial charge in [0.05, 0.1) is 0 Å². The minimum atomic E-state index is 0.278. The summed E-state index contributed by atoms with van der Waals surface area (Å²) in [5, 5.41) is 3.98. The van der Waals surface area contributed by atoms with Crippen molar-refractivity contribution in [2.75, 3.05) is 6.54 Å². The molecule has 0 aromatic heterocycles. The van der Waals surface area contributed by atoms with Gasteiger partial charge in [0.1, 0.15) is 0 Å². The molecular weight excluding hydrogens is 220 g/mol. The lowest BCUT2D eigenvalue weighted by Gasteiger charge is -2.42. The Labute approximate surface area is 113 Å². The first-order valence-corrected chi connectivity index (χ1v) is 8.26. The van der Waals surface area contributed by atoms with E-state index in [1.165, 1.54) is 70.6 Å². The van der Waals surface area contributed by atoms with Gasteiger partial charge in [-0.3, -0.25) is 0 Å². The summed E-state index contributed by atoms with van der Waals surface area (Å²) in [6.45, 7) is 3.17. The molecule has 0 aromatic rings. The van der Waals surface area contributed by atoms with Crippen molar-refractivity contribution < 1.29 is 0 Å². The van der Waals surface area contributed by atoms with Crippen LogP contribution in [0.3, 0.4) is 0 Å². The molecule has 18 heavy (non-hydrogen) atoms. The van der Waals surface area contributed by atoms with E-state index in [1.807, 2.05) is 0 Å². The Hall–Kier alpha value is -0.0800. The van der Waals surface area contributed by atoms with Crippen LogP contribution in [0.25, 0.3) is 0 Å². The Balaban J connectivity index is 1.87. The number of hydrogen-bond acceptors (Lipinski definition) is 2. The smallest absolute Gasteiger partial charge is 0.0306 e. The molecule has 2 aliphatic rings. The second-order valence-corrected chi connectivity index (χ2v) is 6.67. The average Bonchev–Trinajstić information content (AvgIpc) is 2.68. The van der Waals surface area contributed by atoms with E-state index in [1.54, 1.807) is 0 Å². The summed E-state index contributed by atoms with van der Waals surface area (Å²) in [4.78, 5) is 0. The monoisotopic (exact) mass is 252 g/mol. The van der Waals surface area contributed by atoms with Crippen molar-refractivity contribution in [3.63, 3.8) is 0 Å². The van der Waals surface area contributed by atoms with Gasteiger partial charge < -0.3 is 11.1 Å². The van der Waals surface area contributed by atoms with E-state index in [2.05, 4.69) is 12.2 Å². The van der Waals surface area contributed by atoms with Crippen molar-refractivity contribution in [3.05, 3.63) is 0 Å². The fraction of sp³-hybridized carbons (Fsp3) is 1.00. The molecule has 0 atom stereocenters. The van der Waals surface area contributed by atoms with Gasteiger partial charge in [-0.15, -0.1) is 0 Å². The molecule has 2 nitrogen and oxygen atoms in total. The van der Waals surface area contributed by atoms with Crippen molar-refractivity contribution in [1.29, 1.82) is 0 Å². The lowest BCUT2D eigenvalue weighted by molar-refractivity contribution is 0.168. The molecule has 0 amide bonds. The van der Waals surface area contributed by atoms with Crippen molar-refractivity contribution in [2.24, 2.45) is 11.7 Å². The molecule has 2 aliphatic carbocycles. The van der Waals surface area contributed by atoms with E-state index in [0.29, 0.717) is 0 Å². The summed E-state index contributed by atoms with van der Waals surface area (Å²) in [5.74, 6) is 0.959. The fourth-order valence-electron chi connectivity index (χ4n) is 3.90. The molecule has 0 bridgehead atoms. The van der Waals surface area contributed by atoms with Crippen molar-refractivity contribution in [3.8, 4) is 0 Å². The predicted molar refractivity (Wildman–Crippen MR) is 78.7 cm³/mol. The van der Waals surface area contributed by atoms with Crippen LogP contribution in [0.4, 0.5) is 0 Å². The van der Waals surface area contributed by atoms with Gasteiger partial charge in [0.15, 0.2) is 0 Å². The van der Waals surface area contributed by atoms with Crippen LogP contribution in [-0.4, -0.2) is 18.1 Å². The average molecular weight is 252 g/mol. The zero-order valence-corrected chi connectivity index (χ0v) is 12.2. The van der Waals surface area contributed by atoms with Crippen LogP contribution in [0, 0.1) is 5.92 Å². The number of hydrogen-bond donors (Lipinski definition) is 2. The first kappa shape index (κ1) is 14.3. The predicted octanol–water partition coefficient (Wildman–Crippen LogP) is 3.60. The zero-order chi connectivity index (χ0) is 12.8. The normalized spacial score (nSPS) is 35.3. The first-order valence-electron chi connectivity index (χ1n) is 8.26. The van der Waals surface area contributed by atoms with E-state index in [4.69, 9.17) is 5.73 Å². The molecule has 2 rings (SSSR count). The highest BCUT2D eigenvalue weighted by Gasteiger charge is 2.35. The Morgan fingerprint density at radius 2 is 1.61 bits per heavy atom. The van der Waals surface area contributed by atoms with Crippen LogP contribution >= 0.6 is 0 Å². The van der Waals surface area contributed by atoms with Crippen LogP contribution in [0.5, 0.6) is 0 Å². The summed E-state index contributed by atoms with van der Waals surface area (Å²) in [6, 6.07) is 0.745. The fourth-order valence-corrected chi connectivity index (χ4v) is 3.90. The Kier molecular flexibility index (Phi) is 5.50. The summed E-state index contributed by atoms with van der Waals surface area (Å²) in [5.41, 5.74) is 6.40. The van der Waals surface area contributed by atoms with Crippen LogP contribution < -0.4 is 11.1 Å². The van der Waals surface area contributed by atoms with E-state index in [-0.39, 0.29) is 5.54 Å². The molecule has 0 aliphatic heterocycles. The van der Waals surface area contributed by atoms with E-state index < -0.39 is 0 Å². The van der Waals surface area contributed by atoms with Crippen molar-refractivity contribution in [2.45, 2.75) is 89.1 Å². The topological polar surface area (TPSA) is 38.0 Å². The van der Waals surface area contributed by atoms with Gasteiger partial charge in [0.25, 0.3) is 0 Å². The highest BCUT2D eigenvalue weighted by Crippen LogP contribution is 2.34. The van der Waals surface area contributed by atoms with E-state index in [0.717, 1.165) is 18.5 Å². The Morgan fingerprint density at radius 1 is 1.00 bits per heavy atom. The molecule has 0 heterocycles. The van der Waals surface area contributed by atoms with Gasteiger partial charge in [-0.2, -0.15) is 0 Å². The van der Waals surface area contributed by atoms with Gasteiger partial charge in [-0.25, -0.2) is 0 Å². The first-order chi connectivity index (χ1) is 8.78. The molecule has 0 spiro atoms. The molecule has 0 radical (unpaired) electrons. The van der Waals surface area contributed by atoms with Gasteiger partial charge in [0, 0.05) is 18.1 Å². The second-order valence-electron chi connectivity index (χ2n) is 6.67. The molecule has 2 fully saturated rings. The standard InChI is InChI=1S/C16H32N2/c1-2-14-9-11-16(13-17,12-10-14)18-15-7-5-3-4-6-8-15/h14-15,18H,2-13,17H2,1H3. The van der Waals surface area contributed by atoms with E-state index >= 15 is 0 Å². The molecule has 106 valence electrons. The lowest BCUT2D eigenvalue weighted by Crippen LogP contribution is -2.56. The lowest BCUT2D eigenvalue weighted by atomic mass is 9.75. The molecule has 0 saturated heterocycles. The second kappa shape index (κ2) is 6.91. The maximum absolute atomic E-state index is 6.12. The van der Waals surface area contributed by atoms with E-state index in [9.17, 15) is 0 Å². The molecule has 0 aromatic carbocycles. The van der Waals surface area contributed by atoms with Crippen LogP contribution in [-0.2, 0) is 0 Å². The number of rotatable bonds is 4. The maximum Gasteiger partial charge on any atom is 0.0306 e. The largest absolute Gasteiger partial charge is 0.329 e. The maximum atomic E-state index is 6.12. The SMILES string of the molecule is CCC1CCC(CN)(NC2CCCCCC2)CC1. The minimum absolute atomic E-state index is 0.278. The third-order valence-electron chi connectivity index (χ3n) is 5.40. The highest BCUT2D eigenvalue weighted by molar-refractivity contribution is 4.96. The molecule has 2 heteroatoms.